The summed E-state index contributed by atoms with van der Waals surface area (Å²) in [7, 11) is -2.87. The quantitative estimate of drug-likeness (QED) is 0.802. The Labute approximate surface area is 129 Å². The van der Waals surface area contributed by atoms with Crippen LogP contribution in [0.4, 0.5) is 0 Å². The lowest BCUT2D eigenvalue weighted by Crippen LogP contribution is -2.39. The summed E-state index contributed by atoms with van der Waals surface area (Å²) in [6.07, 6.45) is 0. The third-order valence-corrected chi connectivity index (χ3v) is 5.04. The Kier molecular flexibility index (Phi) is 5.64. The van der Waals surface area contributed by atoms with Gasteiger partial charge in [-0.15, -0.1) is 0 Å². The van der Waals surface area contributed by atoms with E-state index in [4.69, 9.17) is 23.2 Å². The van der Waals surface area contributed by atoms with Gasteiger partial charge >= 0.3 is 5.97 Å². The molecule has 1 aromatic carbocycles. The highest BCUT2D eigenvalue weighted by molar-refractivity contribution is 9.10. The minimum absolute atomic E-state index is 0.0519. The Morgan fingerprint density at radius 2 is 1.84 bits per heavy atom. The van der Waals surface area contributed by atoms with Crippen molar-refractivity contribution in [1.29, 1.82) is 0 Å². The van der Waals surface area contributed by atoms with E-state index in [1.54, 1.807) is 0 Å². The van der Waals surface area contributed by atoms with E-state index in [1.807, 2.05) is 0 Å². The number of carbonyl (C=O) groups excluding carboxylic acids is 1. The Morgan fingerprint density at radius 3 is 2.26 bits per heavy atom. The second-order valence-electron chi connectivity index (χ2n) is 3.56. The maximum absolute atomic E-state index is 12.1. The minimum Gasteiger partial charge on any atom is -0.468 e. The molecule has 0 amide bonds. The molecule has 0 heterocycles. The summed E-state index contributed by atoms with van der Waals surface area (Å²) in [6, 6.07) is 1.74. The molecule has 9 heteroatoms. The number of methoxy groups -OCH3 is 1. The molecule has 1 atom stereocenters. The molecule has 0 saturated carbocycles. The van der Waals surface area contributed by atoms with Crippen molar-refractivity contribution < 1.29 is 17.9 Å². The fourth-order valence-electron chi connectivity index (χ4n) is 1.30. The highest BCUT2D eigenvalue weighted by Gasteiger charge is 2.27. The van der Waals surface area contributed by atoms with Gasteiger partial charge in [0.15, 0.2) is 0 Å². The highest BCUT2D eigenvalue weighted by atomic mass is 79.9. The molecule has 106 valence electrons. The Balaban J connectivity index is 3.18. The summed E-state index contributed by atoms with van der Waals surface area (Å²) >= 11 is 14.9. The first kappa shape index (κ1) is 16.7. The third kappa shape index (κ3) is 4.06. The largest absolute Gasteiger partial charge is 0.468 e. The van der Waals surface area contributed by atoms with Crippen molar-refractivity contribution in [1.82, 2.24) is 4.72 Å². The van der Waals surface area contributed by atoms with Crippen molar-refractivity contribution in [2.75, 3.05) is 7.11 Å². The van der Waals surface area contributed by atoms with E-state index in [0.29, 0.717) is 4.47 Å². The maximum atomic E-state index is 12.1. The van der Waals surface area contributed by atoms with Gasteiger partial charge in [-0.05, 0) is 19.1 Å². The van der Waals surface area contributed by atoms with Gasteiger partial charge in [-0.1, -0.05) is 39.1 Å². The smallest absolute Gasteiger partial charge is 0.323 e. The van der Waals surface area contributed by atoms with Crippen LogP contribution in [0.2, 0.25) is 10.0 Å². The number of rotatable bonds is 4. The van der Waals surface area contributed by atoms with Crippen LogP contribution >= 0.6 is 39.1 Å². The van der Waals surface area contributed by atoms with Gasteiger partial charge in [-0.3, -0.25) is 4.79 Å². The van der Waals surface area contributed by atoms with Gasteiger partial charge in [-0.25, -0.2) is 8.42 Å². The molecule has 0 aliphatic heterocycles. The second kappa shape index (κ2) is 6.41. The Hall–Kier alpha value is -0.340. The second-order valence-corrected chi connectivity index (χ2v) is 6.95. The fraction of sp³-hybridized carbons (Fsp3) is 0.300. The highest BCUT2D eigenvalue weighted by Crippen LogP contribution is 2.32. The van der Waals surface area contributed by atoms with Crippen molar-refractivity contribution >= 4 is 55.1 Å². The van der Waals surface area contributed by atoms with E-state index in [-0.39, 0.29) is 14.9 Å². The number of hydrogen-bond donors (Lipinski definition) is 1. The molecule has 0 spiro atoms. The van der Waals surface area contributed by atoms with Crippen molar-refractivity contribution in [3.8, 4) is 0 Å². The summed E-state index contributed by atoms with van der Waals surface area (Å²) in [4.78, 5) is 10.9. The van der Waals surface area contributed by atoms with Gasteiger partial charge in [-0.2, -0.15) is 4.72 Å². The third-order valence-electron chi connectivity index (χ3n) is 2.12. The van der Waals surface area contributed by atoms with Crippen molar-refractivity contribution in [2.24, 2.45) is 0 Å². The molecule has 0 radical (unpaired) electrons. The average molecular weight is 391 g/mol. The standard InChI is InChI=1S/C10H10BrCl2NO4S/c1-5(10(15)18-2)14-19(16,17)9-7(12)3-6(11)4-8(9)13/h3-5,14H,1-2H3. The Bertz CT molecular complexity index is 583. The van der Waals surface area contributed by atoms with Crippen LogP contribution < -0.4 is 4.72 Å². The monoisotopic (exact) mass is 389 g/mol. The number of nitrogens with one attached hydrogen (secondary N) is 1. The van der Waals surface area contributed by atoms with Gasteiger partial charge in [0, 0.05) is 4.47 Å². The van der Waals surface area contributed by atoms with E-state index in [9.17, 15) is 13.2 Å². The van der Waals surface area contributed by atoms with Gasteiger partial charge in [0.1, 0.15) is 10.9 Å². The molecule has 19 heavy (non-hydrogen) atoms. The van der Waals surface area contributed by atoms with Gasteiger partial charge in [0.25, 0.3) is 0 Å². The summed E-state index contributed by atoms with van der Waals surface area (Å²) in [6.45, 7) is 1.35. The molecule has 0 aromatic heterocycles. The van der Waals surface area contributed by atoms with Gasteiger partial charge in [0.2, 0.25) is 10.0 Å². The topological polar surface area (TPSA) is 72.5 Å². The minimum atomic E-state index is -4.03. The number of carbonyl (C=O) groups is 1. The molecule has 0 fully saturated rings. The van der Waals surface area contributed by atoms with Crippen LogP contribution in [0, 0.1) is 0 Å². The molecule has 0 saturated heterocycles. The molecular formula is C10H10BrCl2NO4S. The zero-order chi connectivity index (χ0) is 14.8. The predicted molar refractivity (Wildman–Crippen MR) is 76.0 cm³/mol. The first-order valence-corrected chi connectivity index (χ1v) is 7.97. The van der Waals surface area contributed by atoms with E-state index < -0.39 is 22.0 Å². The summed E-state index contributed by atoms with van der Waals surface area (Å²) in [5.41, 5.74) is 0. The predicted octanol–water partition coefficient (Wildman–Crippen LogP) is 2.60. The molecule has 0 bridgehead atoms. The summed E-state index contributed by atoms with van der Waals surface area (Å²) < 4.78 is 31.3. The van der Waals surface area contributed by atoms with Crippen LogP contribution in [0.1, 0.15) is 6.92 Å². The Morgan fingerprint density at radius 1 is 1.37 bits per heavy atom. The molecule has 1 aromatic rings. The lowest BCUT2D eigenvalue weighted by Gasteiger charge is -2.14. The zero-order valence-corrected chi connectivity index (χ0v) is 13.8. The van der Waals surface area contributed by atoms with Crippen LogP contribution in [0.3, 0.4) is 0 Å². The molecule has 0 aliphatic carbocycles. The fourth-order valence-corrected chi connectivity index (χ4v) is 4.43. The lowest BCUT2D eigenvalue weighted by molar-refractivity contribution is -0.142. The van der Waals surface area contributed by atoms with E-state index >= 15 is 0 Å². The van der Waals surface area contributed by atoms with Crippen LogP contribution in [-0.2, 0) is 19.6 Å². The van der Waals surface area contributed by atoms with Crippen LogP contribution in [-0.4, -0.2) is 27.5 Å². The molecule has 1 unspecified atom stereocenters. The van der Waals surface area contributed by atoms with E-state index in [0.717, 1.165) is 7.11 Å². The average Bonchev–Trinajstić information content (AvgIpc) is 2.24. The molecule has 0 aliphatic rings. The van der Waals surface area contributed by atoms with Gasteiger partial charge < -0.3 is 4.74 Å². The van der Waals surface area contributed by atoms with Crippen LogP contribution in [0.15, 0.2) is 21.5 Å². The molecule has 5 nitrogen and oxygen atoms in total. The van der Waals surface area contributed by atoms with Crippen molar-refractivity contribution in [2.45, 2.75) is 17.9 Å². The van der Waals surface area contributed by atoms with E-state index in [2.05, 4.69) is 25.4 Å². The number of sulfonamides is 1. The van der Waals surface area contributed by atoms with Crippen LogP contribution in [0.5, 0.6) is 0 Å². The normalized spacial score (nSPS) is 13.1. The number of halogens is 3. The van der Waals surface area contributed by atoms with E-state index in [1.165, 1.54) is 19.1 Å². The van der Waals surface area contributed by atoms with Crippen molar-refractivity contribution in [3.05, 3.63) is 26.7 Å². The van der Waals surface area contributed by atoms with Crippen LogP contribution in [0.25, 0.3) is 0 Å². The zero-order valence-electron chi connectivity index (χ0n) is 9.91. The SMILES string of the molecule is COC(=O)C(C)NS(=O)(=O)c1c(Cl)cc(Br)cc1Cl. The van der Waals surface area contributed by atoms with Crippen molar-refractivity contribution in [3.63, 3.8) is 0 Å². The molecule has 1 N–H and O–H groups in total. The number of hydrogen-bond acceptors (Lipinski definition) is 4. The maximum Gasteiger partial charge on any atom is 0.323 e. The van der Waals surface area contributed by atoms with Gasteiger partial charge in [0.05, 0.1) is 17.2 Å². The lowest BCUT2D eigenvalue weighted by atomic mass is 10.4. The molecule has 1 rings (SSSR count). The summed E-state index contributed by atoms with van der Waals surface area (Å²) in [5.74, 6) is -0.715. The first-order valence-electron chi connectivity index (χ1n) is 4.93. The first-order chi connectivity index (χ1) is 8.69. The summed E-state index contributed by atoms with van der Waals surface area (Å²) in [5, 5.41) is -0.104. The number of esters is 1. The number of ether oxygens (including phenoxy) is 1. The molecular weight excluding hydrogens is 381 g/mol. The number of benzene rings is 1.